The van der Waals surface area contributed by atoms with Gasteiger partial charge >= 0.3 is 0 Å². The normalized spacial score (nSPS) is 14.7. The summed E-state index contributed by atoms with van der Waals surface area (Å²) in [6, 6.07) is 0.485. The number of amides is 1. The minimum atomic E-state index is -0.196. The summed E-state index contributed by atoms with van der Waals surface area (Å²) in [7, 11) is 1.63. The lowest BCUT2D eigenvalue weighted by atomic mass is 10.4. The fraction of sp³-hybridized carbons (Fsp3) is 0.600. The molecule has 1 fully saturated rings. The number of carbonyl (C=O) groups is 1. The molecule has 1 amide bonds. The van der Waals surface area contributed by atoms with Crippen LogP contribution in [0.2, 0.25) is 0 Å². The molecular weight excluding hydrogens is 240 g/mol. The van der Waals surface area contributed by atoms with E-state index in [2.05, 4.69) is 10.3 Å². The third-order valence-electron chi connectivity index (χ3n) is 2.53. The van der Waals surface area contributed by atoms with E-state index in [1.54, 1.807) is 7.05 Å². The summed E-state index contributed by atoms with van der Waals surface area (Å²) < 4.78 is 0. The van der Waals surface area contributed by atoms with Crippen LogP contribution in [0.5, 0.6) is 0 Å². The second-order valence-electron chi connectivity index (χ2n) is 4.10. The zero-order valence-corrected chi connectivity index (χ0v) is 10.5. The number of anilines is 2. The molecule has 17 heavy (non-hydrogen) atoms. The number of aliphatic hydroxyl groups is 1. The van der Waals surface area contributed by atoms with Crippen molar-refractivity contribution in [2.75, 3.05) is 31.2 Å². The molecule has 94 valence electrons. The molecule has 1 saturated carbocycles. The van der Waals surface area contributed by atoms with Gasteiger partial charge in [0.1, 0.15) is 10.7 Å². The van der Waals surface area contributed by atoms with Gasteiger partial charge in [0.25, 0.3) is 5.91 Å². The van der Waals surface area contributed by atoms with Crippen LogP contribution in [0.15, 0.2) is 0 Å². The Morgan fingerprint density at radius 1 is 1.71 bits per heavy atom. The molecule has 1 aromatic rings. The van der Waals surface area contributed by atoms with Crippen molar-refractivity contribution in [1.29, 1.82) is 0 Å². The van der Waals surface area contributed by atoms with Crippen molar-refractivity contribution < 1.29 is 9.90 Å². The fourth-order valence-electron chi connectivity index (χ4n) is 1.37. The number of aromatic nitrogens is 1. The van der Waals surface area contributed by atoms with Gasteiger partial charge in [0.05, 0.1) is 6.61 Å². The topological polar surface area (TPSA) is 91.5 Å². The van der Waals surface area contributed by atoms with Gasteiger partial charge < -0.3 is 21.1 Å². The average molecular weight is 256 g/mol. The Bertz CT molecular complexity index is 416. The van der Waals surface area contributed by atoms with Crippen molar-refractivity contribution in [1.82, 2.24) is 9.88 Å². The molecule has 0 aliphatic heterocycles. The van der Waals surface area contributed by atoms with Crippen molar-refractivity contribution >= 4 is 28.2 Å². The second-order valence-corrected chi connectivity index (χ2v) is 5.10. The molecule has 0 bridgehead atoms. The number of nitrogen functional groups attached to an aromatic ring is 1. The summed E-state index contributed by atoms with van der Waals surface area (Å²) in [5.41, 5.74) is 5.72. The van der Waals surface area contributed by atoms with Crippen LogP contribution in [0, 0.1) is 0 Å². The molecule has 2 rings (SSSR count). The molecule has 0 spiro atoms. The highest BCUT2D eigenvalue weighted by Crippen LogP contribution is 2.30. The van der Waals surface area contributed by atoms with E-state index in [0.717, 1.165) is 12.8 Å². The number of nitrogens with two attached hydrogens (primary N) is 1. The van der Waals surface area contributed by atoms with Gasteiger partial charge in [-0.2, -0.15) is 0 Å². The maximum absolute atomic E-state index is 11.9. The van der Waals surface area contributed by atoms with Gasteiger partial charge in [-0.25, -0.2) is 4.98 Å². The smallest absolute Gasteiger partial charge is 0.267 e. The second kappa shape index (κ2) is 4.89. The molecule has 0 unspecified atom stereocenters. The Morgan fingerprint density at radius 3 is 3.00 bits per heavy atom. The number of nitrogens with one attached hydrogen (secondary N) is 1. The SMILES string of the molecule is CN(CCO)C(=O)c1sc(NC2CC2)nc1N. The first-order chi connectivity index (χ1) is 8.11. The van der Waals surface area contributed by atoms with Gasteiger partial charge in [0, 0.05) is 19.6 Å². The third-order valence-corrected chi connectivity index (χ3v) is 3.53. The van der Waals surface area contributed by atoms with Crippen LogP contribution >= 0.6 is 11.3 Å². The maximum atomic E-state index is 11.9. The van der Waals surface area contributed by atoms with Gasteiger partial charge in [0.2, 0.25) is 0 Å². The van der Waals surface area contributed by atoms with Gasteiger partial charge in [-0.05, 0) is 12.8 Å². The Morgan fingerprint density at radius 2 is 2.41 bits per heavy atom. The first-order valence-corrected chi connectivity index (χ1v) is 6.32. The molecule has 1 aliphatic rings. The van der Waals surface area contributed by atoms with Gasteiger partial charge in [-0.1, -0.05) is 11.3 Å². The first-order valence-electron chi connectivity index (χ1n) is 5.51. The Balaban J connectivity index is 2.08. The Kier molecular flexibility index (Phi) is 3.49. The first kappa shape index (κ1) is 12.1. The van der Waals surface area contributed by atoms with Crippen LogP contribution in [0.1, 0.15) is 22.5 Å². The van der Waals surface area contributed by atoms with Crippen molar-refractivity contribution in [3.63, 3.8) is 0 Å². The quantitative estimate of drug-likeness (QED) is 0.707. The standard InChI is InChI=1S/C10H16N4O2S/c1-14(4-5-15)9(16)7-8(11)13-10(17-7)12-6-2-3-6/h6,15H,2-5,11H2,1H3,(H,12,13). The number of hydrogen-bond donors (Lipinski definition) is 3. The Hall–Kier alpha value is -1.34. The number of thiazole rings is 1. The molecular formula is C10H16N4O2S. The largest absolute Gasteiger partial charge is 0.395 e. The number of rotatable bonds is 5. The lowest BCUT2D eigenvalue weighted by Crippen LogP contribution is -2.29. The van der Waals surface area contributed by atoms with E-state index in [-0.39, 0.29) is 18.3 Å². The highest BCUT2D eigenvalue weighted by Gasteiger charge is 2.25. The van der Waals surface area contributed by atoms with Crippen molar-refractivity contribution in [3.05, 3.63) is 4.88 Å². The molecule has 6 nitrogen and oxygen atoms in total. The van der Waals surface area contributed by atoms with Crippen LogP contribution in [0.4, 0.5) is 10.9 Å². The number of likely N-dealkylation sites (N-methyl/N-ethyl adjacent to an activating group) is 1. The molecule has 1 aliphatic carbocycles. The lowest BCUT2D eigenvalue weighted by molar-refractivity contribution is 0.0772. The highest BCUT2D eigenvalue weighted by atomic mass is 32.1. The number of carbonyl (C=O) groups excluding carboxylic acids is 1. The van der Waals surface area contributed by atoms with E-state index < -0.39 is 0 Å². The van der Waals surface area contributed by atoms with Crippen LogP contribution in [0.3, 0.4) is 0 Å². The molecule has 1 heterocycles. The summed E-state index contributed by atoms with van der Waals surface area (Å²) in [6.45, 7) is 0.232. The summed E-state index contributed by atoms with van der Waals surface area (Å²) in [5.74, 6) is 0.0610. The van der Waals surface area contributed by atoms with Crippen molar-refractivity contribution in [2.45, 2.75) is 18.9 Å². The van der Waals surface area contributed by atoms with Crippen molar-refractivity contribution in [3.8, 4) is 0 Å². The molecule has 7 heteroatoms. The summed E-state index contributed by atoms with van der Waals surface area (Å²) in [6.07, 6.45) is 2.29. The molecule has 0 saturated heterocycles. The van der Waals surface area contributed by atoms with Crippen molar-refractivity contribution in [2.24, 2.45) is 0 Å². The summed E-state index contributed by atoms with van der Waals surface area (Å²) >= 11 is 1.27. The molecule has 0 aromatic carbocycles. The van der Waals surface area contributed by atoms with Crippen LogP contribution in [-0.4, -0.2) is 47.1 Å². The maximum Gasteiger partial charge on any atom is 0.267 e. The molecule has 1 aromatic heterocycles. The highest BCUT2D eigenvalue weighted by molar-refractivity contribution is 7.18. The van der Waals surface area contributed by atoms with E-state index in [4.69, 9.17) is 10.8 Å². The molecule has 0 atom stereocenters. The van der Waals surface area contributed by atoms with Gasteiger partial charge in [-0.15, -0.1) is 0 Å². The lowest BCUT2D eigenvalue weighted by Gasteiger charge is -2.14. The Labute approximate surface area is 103 Å². The third kappa shape index (κ3) is 2.86. The summed E-state index contributed by atoms with van der Waals surface area (Å²) in [4.78, 5) is 17.9. The molecule has 4 N–H and O–H groups in total. The van der Waals surface area contributed by atoms with Gasteiger partial charge in [0.15, 0.2) is 5.13 Å². The average Bonchev–Trinajstić information content (AvgIpc) is 3.01. The molecule has 0 radical (unpaired) electrons. The number of nitrogens with zero attached hydrogens (tertiary/aromatic N) is 2. The monoisotopic (exact) mass is 256 g/mol. The number of aliphatic hydroxyl groups excluding tert-OH is 1. The van der Waals surface area contributed by atoms with E-state index in [0.29, 0.717) is 22.6 Å². The minimum absolute atomic E-state index is 0.0614. The van der Waals surface area contributed by atoms with Gasteiger partial charge in [-0.3, -0.25) is 4.79 Å². The predicted octanol–water partition coefficient (Wildman–Crippen LogP) is 0.364. The van der Waals surface area contributed by atoms with E-state index >= 15 is 0 Å². The predicted molar refractivity (Wildman–Crippen MR) is 67.2 cm³/mol. The minimum Gasteiger partial charge on any atom is -0.395 e. The number of hydrogen-bond acceptors (Lipinski definition) is 6. The summed E-state index contributed by atoms with van der Waals surface area (Å²) in [5, 5.41) is 12.7. The zero-order chi connectivity index (χ0) is 12.4. The zero-order valence-electron chi connectivity index (χ0n) is 9.64. The van der Waals surface area contributed by atoms with Crippen LogP contribution < -0.4 is 11.1 Å². The van der Waals surface area contributed by atoms with E-state index in [1.807, 2.05) is 0 Å². The van der Waals surface area contributed by atoms with E-state index in [9.17, 15) is 4.79 Å². The van der Waals surface area contributed by atoms with E-state index in [1.165, 1.54) is 16.2 Å². The van der Waals surface area contributed by atoms with Crippen LogP contribution in [0.25, 0.3) is 0 Å². The fourth-order valence-corrected chi connectivity index (χ4v) is 2.33. The van der Waals surface area contributed by atoms with Crippen LogP contribution in [-0.2, 0) is 0 Å².